The molecule has 0 bridgehead atoms. The number of nitrogens with one attached hydrogen (secondary N) is 2. The lowest BCUT2D eigenvalue weighted by Crippen LogP contribution is -2.57. The number of aromatic nitrogens is 7. The van der Waals surface area contributed by atoms with Crippen molar-refractivity contribution in [3.8, 4) is 22.7 Å². The fourth-order valence-electron chi connectivity index (χ4n) is 9.90. The van der Waals surface area contributed by atoms with Gasteiger partial charge in [-0.2, -0.15) is 18.3 Å². The minimum absolute atomic E-state index is 0.00414. The van der Waals surface area contributed by atoms with E-state index in [1.807, 2.05) is 0 Å². The Balaban J connectivity index is 0.908. The number of halogens is 7. The molecule has 3 aromatic heterocycles. The highest BCUT2D eigenvalue weighted by Crippen LogP contribution is 2.46. The maximum Gasteiger partial charge on any atom is 0.418 e. The summed E-state index contributed by atoms with van der Waals surface area (Å²) in [6.07, 6.45) is -7.65. The van der Waals surface area contributed by atoms with Crippen LogP contribution in [-0.2, 0) is 41.3 Å². The second kappa shape index (κ2) is 21.2. The number of piperidine rings is 1. The van der Waals surface area contributed by atoms with E-state index in [-0.39, 0.29) is 84.5 Å². The van der Waals surface area contributed by atoms with Gasteiger partial charge in [0.1, 0.15) is 71.3 Å². The van der Waals surface area contributed by atoms with Crippen LogP contribution in [0.25, 0.3) is 16.9 Å². The highest BCUT2D eigenvalue weighted by atomic mass is 35.5. The van der Waals surface area contributed by atoms with Crippen molar-refractivity contribution in [2.75, 3.05) is 25.1 Å². The molecule has 2 N–H and O–H groups in total. The van der Waals surface area contributed by atoms with Crippen LogP contribution in [-0.4, -0.2) is 107 Å². The highest BCUT2D eigenvalue weighted by molar-refractivity contribution is 6.31. The van der Waals surface area contributed by atoms with Gasteiger partial charge >= 0.3 is 6.18 Å². The Kier molecular flexibility index (Phi) is 14.2. The van der Waals surface area contributed by atoms with Crippen molar-refractivity contribution in [3.05, 3.63) is 165 Å². The Labute approximate surface area is 448 Å². The molecule has 2 unspecified atom stereocenters. The van der Waals surface area contributed by atoms with Gasteiger partial charge in [0.15, 0.2) is 23.6 Å². The first kappa shape index (κ1) is 52.3. The number of carbonyl (C=O) groups is 4. The minimum Gasteiger partial charge on any atom is -0.489 e. The molecule has 19 nitrogen and oxygen atoms in total. The van der Waals surface area contributed by atoms with Crippen molar-refractivity contribution in [3.63, 3.8) is 0 Å². The number of nitrogens with zero attached hydrogens (tertiary/aromatic N) is 8. The molecule has 7 aromatic rings. The second-order valence-corrected chi connectivity index (χ2v) is 19.3. The molecule has 11 rings (SSSR count). The van der Waals surface area contributed by atoms with Gasteiger partial charge in [0.2, 0.25) is 11.8 Å². The van der Waals surface area contributed by atoms with Gasteiger partial charge < -0.3 is 33.9 Å². The average molecular weight is 1120 g/mol. The Morgan fingerprint density at radius 1 is 0.949 bits per heavy atom. The van der Waals surface area contributed by atoms with Crippen molar-refractivity contribution in [1.82, 2.24) is 45.0 Å². The summed E-state index contributed by atoms with van der Waals surface area (Å²) in [7, 11) is 0. The first-order chi connectivity index (χ1) is 37.5. The summed E-state index contributed by atoms with van der Waals surface area (Å²) in [5.41, 5.74) is 0.0741. The van der Waals surface area contributed by atoms with E-state index >= 15 is 0 Å². The quantitative estimate of drug-likeness (QED) is 0.0483. The monoisotopic (exact) mass is 1110 g/mol. The Hall–Kier alpha value is -7.74. The molecular weight excluding hydrogens is 1070 g/mol. The molecule has 78 heavy (non-hydrogen) atoms. The normalized spacial score (nSPS) is 22.2. The molecule has 0 spiro atoms. The van der Waals surface area contributed by atoms with E-state index in [1.54, 1.807) is 36.4 Å². The van der Waals surface area contributed by atoms with Crippen LogP contribution in [0.4, 0.5) is 27.6 Å². The van der Waals surface area contributed by atoms with Crippen LogP contribution >= 0.6 is 23.2 Å². The predicted molar refractivity (Wildman–Crippen MR) is 263 cm³/mol. The van der Waals surface area contributed by atoms with E-state index in [2.05, 4.69) is 36.0 Å². The van der Waals surface area contributed by atoms with Gasteiger partial charge in [-0.3, -0.25) is 24.5 Å². The number of amides is 4. The van der Waals surface area contributed by atoms with E-state index in [1.165, 1.54) is 53.2 Å². The topological polar surface area (TPSA) is 216 Å². The number of pyridine rings is 1. The third-order valence-electron chi connectivity index (χ3n) is 13.4. The maximum absolute atomic E-state index is 14.9. The summed E-state index contributed by atoms with van der Waals surface area (Å²) < 4.78 is 109. The summed E-state index contributed by atoms with van der Waals surface area (Å²) in [5, 5.41) is 17.3. The summed E-state index contributed by atoms with van der Waals surface area (Å²) in [5.74, 6) is -4.27. The molecule has 0 saturated carbocycles. The van der Waals surface area contributed by atoms with Crippen LogP contribution in [0.2, 0.25) is 10.0 Å². The lowest BCUT2D eigenvalue weighted by Gasteiger charge is -2.49. The van der Waals surface area contributed by atoms with Crippen LogP contribution in [0.1, 0.15) is 80.5 Å². The highest BCUT2D eigenvalue weighted by Gasteiger charge is 2.54. The third-order valence-corrected chi connectivity index (χ3v) is 14.0. The van der Waals surface area contributed by atoms with Gasteiger partial charge in [-0.25, -0.2) is 28.1 Å². The molecule has 7 atom stereocenters. The molecule has 4 amide bonds. The van der Waals surface area contributed by atoms with E-state index in [9.17, 15) is 41.1 Å². The first-order valence-electron chi connectivity index (χ1n) is 24.1. The van der Waals surface area contributed by atoms with Gasteiger partial charge in [-0.05, 0) is 79.6 Å². The fraction of sp³-hybridized carbons (Fsp3) is 0.288. The zero-order valence-corrected chi connectivity index (χ0v) is 42.0. The summed E-state index contributed by atoms with van der Waals surface area (Å²) in [6.45, 7) is 0.812. The average Bonchev–Trinajstić information content (AvgIpc) is 4.25. The van der Waals surface area contributed by atoms with E-state index in [0.29, 0.717) is 22.4 Å². The molecule has 4 aliphatic rings. The van der Waals surface area contributed by atoms with E-state index in [4.69, 9.17) is 46.9 Å². The smallest absolute Gasteiger partial charge is 0.418 e. The number of aryl methyl sites for hydroxylation is 1. The fourth-order valence-corrected chi connectivity index (χ4v) is 10.2. The molecule has 4 aromatic carbocycles. The predicted octanol–water partition coefficient (Wildman–Crippen LogP) is 8.11. The van der Waals surface area contributed by atoms with Crippen LogP contribution < -0.4 is 15.4 Å². The molecular formula is C52H41Cl2F5N10O9. The lowest BCUT2D eigenvalue weighted by atomic mass is 9.90. The largest absolute Gasteiger partial charge is 0.489 e. The number of benzene rings is 4. The second-order valence-electron chi connectivity index (χ2n) is 18.4. The number of anilines is 1. The lowest BCUT2D eigenvalue weighted by molar-refractivity contribution is -0.323. The van der Waals surface area contributed by atoms with Gasteiger partial charge in [0, 0.05) is 46.6 Å². The van der Waals surface area contributed by atoms with Crippen LogP contribution in [0, 0.1) is 18.6 Å². The molecule has 402 valence electrons. The number of alkyl halides is 3. The molecule has 7 heterocycles. The molecule has 3 fully saturated rings. The zero-order valence-electron chi connectivity index (χ0n) is 40.5. The van der Waals surface area contributed by atoms with Crippen LogP contribution in [0.5, 0.6) is 5.75 Å². The number of hydrogen-bond donors (Lipinski definition) is 2. The maximum atomic E-state index is 14.9. The van der Waals surface area contributed by atoms with Crippen molar-refractivity contribution in [2.24, 2.45) is 0 Å². The zero-order chi connectivity index (χ0) is 54.6. The van der Waals surface area contributed by atoms with Crippen molar-refractivity contribution >= 4 is 52.5 Å². The molecule has 26 heteroatoms. The van der Waals surface area contributed by atoms with Gasteiger partial charge in [-0.1, -0.05) is 58.7 Å². The molecule has 0 aliphatic carbocycles. The van der Waals surface area contributed by atoms with E-state index < -0.39 is 94.6 Å². The summed E-state index contributed by atoms with van der Waals surface area (Å²) in [4.78, 5) is 61.8. The number of hydrogen-bond acceptors (Lipinski definition) is 14. The molecule has 3 saturated heterocycles. The number of carbonyl (C=O) groups excluding carboxylic acids is 4. The minimum atomic E-state index is -4.88. The van der Waals surface area contributed by atoms with Crippen molar-refractivity contribution in [2.45, 2.75) is 75.3 Å². The van der Waals surface area contributed by atoms with Gasteiger partial charge in [0.05, 0.1) is 30.7 Å². The van der Waals surface area contributed by atoms with Crippen molar-refractivity contribution in [1.29, 1.82) is 0 Å². The first-order valence-corrected chi connectivity index (χ1v) is 24.9. The standard InChI is InChI=1S/C52H41Cl2F5N10O9/c1-25-61-47(69(65-25)37-21-29(53)9-12-32(37)52(57,58)59)46-45(43(44-39(77-46)24-76-51(78-44)26-6-3-2-4-7-26)68-23-35(64-66-68)27-19-33(55)41(54)34(56)20-27)75-17-16-74-38-8-5-15-60-42(38)49(72)62-30-10-11-31-28(18-30)22-67(50(31)73)36-13-14-40(70)63-48(36)71/h2-12,15,18-21,23,36,39,43-46,51H,13-14,16-17,22,24H2,1H3,(H,62,72)(H,63,70,71)/t36?,39-,43+,44+,45-,46-,51?/m1/s1. The van der Waals surface area contributed by atoms with Gasteiger partial charge in [-0.15, -0.1) is 5.10 Å². The Morgan fingerprint density at radius 2 is 1.74 bits per heavy atom. The summed E-state index contributed by atoms with van der Waals surface area (Å²) >= 11 is 12.1. The van der Waals surface area contributed by atoms with Crippen LogP contribution in [0.3, 0.4) is 0 Å². The number of ether oxygens (including phenoxy) is 5. The number of rotatable bonds is 13. The number of imide groups is 1. The van der Waals surface area contributed by atoms with Gasteiger partial charge in [0.25, 0.3) is 11.8 Å². The Bertz CT molecular complexity index is 3470. The van der Waals surface area contributed by atoms with E-state index in [0.717, 1.165) is 35.0 Å². The molecule has 0 radical (unpaired) electrons. The Morgan fingerprint density at radius 3 is 2.51 bits per heavy atom. The SMILES string of the molecule is Cc1nc([C@@H]2O[C@@H]3COC(c4ccccc4)O[C@@H]3[C@H](n3cc(-c4cc(F)c(Cl)c(F)c4)nn3)[C@H]2OCCOc2cccnc2C(=O)Nc2ccc3c(c2)CN(C2CCC(=O)NC2=O)C3=O)n(-c2cc(Cl)ccc2C(F)(F)F)n1. The number of fused-ring (bicyclic) bond motifs is 2. The molecule has 4 aliphatic heterocycles. The van der Waals surface area contributed by atoms with Crippen molar-refractivity contribution < 1.29 is 64.8 Å². The third kappa shape index (κ3) is 10.3. The summed E-state index contributed by atoms with van der Waals surface area (Å²) in [6, 6.07) is 19.6. The van der Waals surface area contributed by atoms with Crippen LogP contribution in [0.15, 0.2) is 103 Å².